The van der Waals surface area contributed by atoms with Crippen molar-refractivity contribution in [2.24, 2.45) is 0 Å². The number of aliphatic hydroxyl groups excluding tert-OH is 1. The van der Waals surface area contributed by atoms with Gasteiger partial charge in [-0.3, -0.25) is 0 Å². The lowest BCUT2D eigenvalue weighted by Gasteiger charge is -2.34. The molecule has 5 nitrogen and oxygen atoms in total. The molecule has 2 heterocycles. The van der Waals surface area contributed by atoms with E-state index in [1.807, 2.05) is 6.92 Å². The van der Waals surface area contributed by atoms with Crippen molar-refractivity contribution < 1.29 is 14.6 Å². The molecule has 0 aromatic heterocycles. The van der Waals surface area contributed by atoms with E-state index in [0.717, 1.165) is 39.1 Å². The Bertz CT molecular complexity index is 257. The largest absolute Gasteiger partial charge is 0.396 e. The summed E-state index contributed by atoms with van der Waals surface area (Å²) in [5.74, 6) is -0.455. The van der Waals surface area contributed by atoms with Crippen LogP contribution in [0, 0.1) is 0 Å². The van der Waals surface area contributed by atoms with Crippen LogP contribution in [0.1, 0.15) is 19.8 Å². The number of likely N-dealkylation sites (N-methyl/N-ethyl adjacent to an activating group) is 1. The van der Waals surface area contributed by atoms with Crippen LogP contribution in [0.15, 0.2) is 0 Å². The second-order valence-electron chi connectivity index (χ2n) is 5.59. The first-order valence-corrected chi connectivity index (χ1v) is 6.95. The van der Waals surface area contributed by atoms with Crippen LogP contribution < -0.4 is 0 Å². The number of hydrogen-bond acceptors (Lipinski definition) is 5. The first-order valence-electron chi connectivity index (χ1n) is 6.95. The maximum Gasteiger partial charge on any atom is 0.167 e. The van der Waals surface area contributed by atoms with Crippen molar-refractivity contribution in [2.75, 3.05) is 53.0 Å². The summed E-state index contributed by atoms with van der Waals surface area (Å²) in [5, 5.41) is 8.91. The number of hydrogen-bond donors (Lipinski definition) is 1. The van der Waals surface area contributed by atoms with Crippen molar-refractivity contribution in [3.63, 3.8) is 0 Å². The number of rotatable bonds is 5. The average Bonchev–Trinajstić information content (AvgIpc) is 2.72. The second kappa shape index (κ2) is 6.30. The van der Waals surface area contributed by atoms with E-state index < -0.39 is 5.79 Å². The quantitative estimate of drug-likeness (QED) is 0.760. The number of piperazine rings is 1. The van der Waals surface area contributed by atoms with E-state index in [1.54, 1.807) is 0 Å². The van der Waals surface area contributed by atoms with Crippen LogP contribution in [-0.2, 0) is 9.47 Å². The minimum Gasteiger partial charge on any atom is -0.396 e. The van der Waals surface area contributed by atoms with Crippen LogP contribution in [-0.4, -0.2) is 79.8 Å². The van der Waals surface area contributed by atoms with Gasteiger partial charge in [-0.1, -0.05) is 0 Å². The van der Waals surface area contributed by atoms with E-state index in [1.165, 1.54) is 0 Å². The van der Waals surface area contributed by atoms with Gasteiger partial charge in [0.15, 0.2) is 5.79 Å². The molecule has 0 aliphatic carbocycles. The Morgan fingerprint density at radius 2 is 2.00 bits per heavy atom. The van der Waals surface area contributed by atoms with E-state index >= 15 is 0 Å². The zero-order valence-corrected chi connectivity index (χ0v) is 11.6. The van der Waals surface area contributed by atoms with Crippen molar-refractivity contribution in [2.45, 2.75) is 31.7 Å². The molecule has 0 radical (unpaired) electrons. The Morgan fingerprint density at radius 3 is 2.67 bits per heavy atom. The van der Waals surface area contributed by atoms with Gasteiger partial charge in [-0.15, -0.1) is 0 Å². The molecule has 0 aromatic carbocycles. The first-order chi connectivity index (χ1) is 8.61. The predicted octanol–water partition coefficient (Wildman–Crippen LogP) is 0.138. The highest BCUT2D eigenvalue weighted by atomic mass is 16.7. The fourth-order valence-electron chi connectivity index (χ4n) is 2.54. The van der Waals surface area contributed by atoms with E-state index in [-0.39, 0.29) is 12.7 Å². The molecule has 0 saturated carbocycles. The Morgan fingerprint density at radius 1 is 1.28 bits per heavy atom. The van der Waals surface area contributed by atoms with Crippen LogP contribution in [0.2, 0.25) is 0 Å². The minimum atomic E-state index is -0.455. The smallest absolute Gasteiger partial charge is 0.167 e. The molecule has 2 aliphatic heterocycles. The van der Waals surface area contributed by atoms with E-state index in [0.29, 0.717) is 13.0 Å². The fourth-order valence-corrected chi connectivity index (χ4v) is 2.54. The predicted molar refractivity (Wildman–Crippen MR) is 69.5 cm³/mol. The van der Waals surface area contributed by atoms with Crippen LogP contribution in [0.4, 0.5) is 0 Å². The number of nitrogens with zero attached hydrogens (tertiary/aromatic N) is 2. The third-order valence-electron chi connectivity index (χ3n) is 3.92. The van der Waals surface area contributed by atoms with Gasteiger partial charge in [-0.05, 0) is 20.4 Å². The van der Waals surface area contributed by atoms with Crippen LogP contribution in [0.25, 0.3) is 0 Å². The van der Waals surface area contributed by atoms with Crippen molar-refractivity contribution in [3.8, 4) is 0 Å². The van der Waals surface area contributed by atoms with Gasteiger partial charge in [0.1, 0.15) is 0 Å². The Kier molecular flexibility index (Phi) is 4.98. The van der Waals surface area contributed by atoms with Crippen LogP contribution in [0.5, 0.6) is 0 Å². The molecule has 2 saturated heterocycles. The van der Waals surface area contributed by atoms with Crippen LogP contribution in [0.3, 0.4) is 0 Å². The van der Waals surface area contributed by atoms with Gasteiger partial charge in [0.25, 0.3) is 0 Å². The molecule has 2 atom stereocenters. The Labute approximate surface area is 110 Å². The molecule has 2 fully saturated rings. The lowest BCUT2D eigenvalue weighted by Crippen LogP contribution is -2.46. The monoisotopic (exact) mass is 258 g/mol. The summed E-state index contributed by atoms with van der Waals surface area (Å²) in [5.41, 5.74) is 0. The normalized spacial score (nSPS) is 35.2. The number of aliphatic hydroxyl groups is 1. The molecule has 2 aliphatic rings. The summed E-state index contributed by atoms with van der Waals surface area (Å²) in [6.45, 7) is 8.37. The summed E-state index contributed by atoms with van der Waals surface area (Å²) in [7, 11) is 2.17. The maximum atomic E-state index is 8.91. The van der Waals surface area contributed by atoms with Crippen LogP contribution >= 0.6 is 0 Å². The zero-order chi connectivity index (χ0) is 13.0. The third kappa shape index (κ3) is 3.90. The summed E-state index contributed by atoms with van der Waals surface area (Å²) >= 11 is 0. The molecule has 2 unspecified atom stereocenters. The second-order valence-corrected chi connectivity index (χ2v) is 5.59. The van der Waals surface area contributed by atoms with Gasteiger partial charge in [0.05, 0.1) is 12.7 Å². The SMILES string of the molecule is CN1CCN(CCC2(C)OCC(CCO)O2)CC1. The highest BCUT2D eigenvalue weighted by Gasteiger charge is 2.36. The van der Waals surface area contributed by atoms with Crippen molar-refractivity contribution in [3.05, 3.63) is 0 Å². The zero-order valence-electron chi connectivity index (χ0n) is 11.6. The summed E-state index contributed by atoms with van der Waals surface area (Å²) in [6, 6.07) is 0. The van der Waals surface area contributed by atoms with Gasteiger partial charge in [0.2, 0.25) is 0 Å². The lowest BCUT2D eigenvalue weighted by atomic mass is 10.2. The van der Waals surface area contributed by atoms with Crippen molar-refractivity contribution in [1.29, 1.82) is 0 Å². The molecule has 5 heteroatoms. The molecule has 18 heavy (non-hydrogen) atoms. The van der Waals surface area contributed by atoms with E-state index in [2.05, 4.69) is 16.8 Å². The molecule has 2 rings (SSSR count). The van der Waals surface area contributed by atoms with Gasteiger partial charge in [-0.25, -0.2) is 0 Å². The molecular formula is C13H26N2O3. The van der Waals surface area contributed by atoms with Crippen molar-refractivity contribution in [1.82, 2.24) is 9.80 Å². The van der Waals surface area contributed by atoms with E-state index in [4.69, 9.17) is 14.6 Å². The lowest BCUT2D eigenvalue weighted by molar-refractivity contribution is -0.162. The molecule has 0 aromatic rings. The average molecular weight is 258 g/mol. The Hall–Kier alpha value is -0.200. The molecular weight excluding hydrogens is 232 g/mol. The molecule has 0 amide bonds. The van der Waals surface area contributed by atoms with Gasteiger partial charge >= 0.3 is 0 Å². The Balaban J connectivity index is 1.70. The number of ether oxygens (including phenoxy) is 2. The van der Waals surface area contributed by atoms with E-state index in [9.17, 15) is 0 Å². The summed E-state index contributed by atoms with van der Waals surface area (Å²) < 4.78 is 11.6. The summed E-state index contributed by atoms with van der Waals surface area (Å²) in [4.78, 5) is 4.83. The van der Waals surface area contributed by atoms with Gasteiger partial charge in [-0.2, -0.15) is 0 Å². The maximum absolute atomic E-state index is 8.91. The highest BCUT2D eigenvalue weighted by molar-refractivity contribution is 4.78. The first kappa shape index (κ1) is 14.2. The minimum absolute atomic E-state index is 0.0625. The summed E-state index contributed by atoms with van der Waals surface area (Å²) in [6.07, 6.45) is 1.63. The highest BCUT2D eigenvalue weighted by Crippen LogP contribution is 2.28. The fraction of sp³-hybridized carbons (Fsp3) is 1.00. The van der Waals surface area contributed by atoms with Crippen molar-refractivity contribution >= 4 is 0 Å². The standard InChI is InChI=1S/C13H26N2O3/c1-13(17-11-12(18-13)3-10-16)4-5-15-8-6-14(2)7-9-15/h12,16H,3-11H2,1-2H3. The topological polar surface area (TPSA) is 45.2 Å². The molecule has 0 bridgehead atoms. The molecule has 106 valence electrons. The van der Waals surface area contributed by atoms with Gasteiger partial charge in [0, 0.05) is 45.8 Å². The van der Waals surface area contributed by atoms with Gasteiger partial charge < -0.3 is 24.4 Å². The third-order valence-corrected chi connectivity index (χ3v) is 3.92. The molecule has 0 spiro atoms. The molecule has 1 N–H and O–H groups in total.